The third kappa shape index (κ3) is 4.42. The molecule has 5 rings (SSSR count). The van der Waals surface area contributed by atoms with Gasteiger partial charge in [-0.15, -0.1) is 0 Å². The van der Waals surface area contributed by atoms with E-state index in [2.05, 4.69) is 4.99 Å². The zero-order valence-electron chi connectivity index (χ0n) is 19.1. The lowest BCUT2D eigenvalue weighted by Crippen LogP contribution is -2.27. The number of nitrogens with two attached hydrogens (primary N) is 1. The Balaban J connectivity index is 1.74. The lowest BCUT2D eigenvalue weighted by molar-refractivity contribution is -0.116. The number of hydrogen-bond acceptors (Lipinski definition) is 4. The van der Waals surface area contributed by atoms with Gasteiger partial charge in [-0.3, -0.25) is 14.6 Å². The molecule has 0 saturated heterocycles. The smallest absolute Gasteiger partial charge is 0.248 e. The minimum Gasteiger partial charge on any atom is -0.457 e. The lowest BCUT2D eigenvalue weighted by Gasteiger charge is -2.22. The second kappa shape index (κ2) is 9.27. The second-order valence-electron chi connectivity index (χ2n) is 8.21. The van der Waals surface area contributed by atoms with E-state index in [9.17, 15) is 9.59 Å². The summed E-state index contributed by atoms with van der Waals surface area (Å²) in [6.07, 6.45) is 0. The maximum Gasteiger partial charge on any atom is 0.248 e. The van der Waals surface area contributed by atoms with Crippen LogP contribution in [-0.4, -0.2) is 31.1 Å². The summed E-state index contributed by atoms with van der Waals surface area (Å²) in [6, 6.07) is 30.3. The van der Waals surface area contributed by atoms with Crippen LogP contribution in [0.5, 0.6) is 11.5 Å². The van der Waals surface area contributed by atoms with Gasteiger partial charge in [-0.05, 0) is 35.9 Å². The van der Waals surface area contributed by atoms with Crippen molar-refractivity contribution < 1.29 is 14.3 Å². The van der Waals surface area contributed by atoms with Gasteiger partial charge in [-0.2, -0.15) is 0 Å². The van der Waals surface area contributed by atoms with Crippen molar-refractivity contribution >= 4 is 23.2 Å². The van der Waals surface area contributed by atoms with Gasteiger partial charge in [0.1, 0.15) is 18.0 Å². The van der Waals surface area contributed by atoms with Gasteiger partial charge in [0.05, 0.1) is 11.4 Å². The maximum absolute atomic E-state index is 12.9. The number of hydrogen-bond donors (Lipinski definition) is 1. The molecule has 0 fully saturated rings. The minimum absolute atomic E-state index is 0.0170. The first-order valence-electron chi connectivity index (χ1n) is 11.2. The highest BCUT2D eigenvalue weighted by Crippen LogP contribution is 2.40. The topological polar surface area (TPSA) is 85.0 Å². The fourth-order valence-electron chi connectivity index (χ4n) is 4.12. The fraction of sp³-hybridized carbons (Fsp3) is 0.0690. The largest absolute Gasteiger partial charge is 0.457 e. The van der Waals surface area contributed by atoms with E-state index in [1.165, 1.54) is 0 Å². The number of likely N-dealkylation sites (N-methyl/N-ethyl adjacent to an activating group) is 1. The Bertz CT molecular complexity index is 1450. The van der Waals surface area contributed by atoms with Crippen LogP contribution in [0.25, 0.3) is 11.1 Å². The highest BCUT2D eigenvalue weighted by Gasteiger charge is 2.26. The fourth-order valence-corrected chi connectivity index (χ4v) is 4.12. The Labute approximate surface area is 203 Å². The molecule has 0 radical (unpaired) electrons. The number of nitrogens with zero attached hydrogens (tertiary/aromatic N) is 2. The second-order valence-corrected chi connectivity index (χ2v) is 8.21. The Morgan fingerprint density at radius 3 is 2.26 bits per heavy atom. The summed E-state index contributed by atoms with van der Waals surface area (Å²) in [5.41, 5.74) is 10.5. The Morgan fingerprint density at radius 2 is 1.54 bits per heavy atom. The van der Waals surface area contributed by atoms with Gasteiger partial charge in [0.2, 0.25) is 11.8 Å². The van der Waals surface area contributed by atoms with Crippen LogP contribution in [0.15, 0.2) is 102 Å². The number of para-hydroxylation sites is 1. The highest BCUT2D eigenvalue weighted by atomic mass is 16.5. The normalized spacial score (nSPS) is 13.0. The molecule has 6 heteroatoms. The SMILES string of the molecule is CN1C(=O)CN=C(c2cccc(C(N)=O)c2)c2cc(-c3ccccc3)c(Oc3ccccc3)cc21. The average molecular weight is 462 g/mol. The number of aliphatic imine (C=N–C) groups is 1. The number of carbonyl (C=O) groups is 2. The van der Waals surface area contributed by atoms with Gasteiger partial charge in [0.15, 0.2) is 0 Å². The first-order chi connectivity index (χ1) is 17.0. The molecular formula is C29H23N3O3. The van der Waals surface area contributed by atoms with E-state index < -0.39 is 5.91 Å². The van der Waals surface area contributed by atoms with Crippen molar-refractivity contribution in [3.63, 3.8) is 0 Å². The summed E-state index contributed by atoms with van der Waals surface area (Å²) >= 11 is 0. The molecule has 35 heavy (non-hydrogen) atoms. The van der Waals surface area contributed by atoms with Crippen molar-refractivity contribution in [1.82, 2.24) is 0 Å². The summed E-state index contributed by atoms with van der Waals surface area (Å²) in [6.45, 7) is -0.0170. The summed E-state index contributed by atoms with van der Waals surface area (Å²) in [4.78, 5) is 30.9. The van der Waals surface area contributed by atoms with Crippen LogP contribution in [0.3, 0.4) is 0 Å². The standard InChI is InChI=1S/C29H23N3O3/c1-32-25-17-26(35-22-13-6-3-7-14-22)23(19-9-4-2-5-10-19)16-24(25)28(31-18-27(32)33)20-11-8-12-21(15-20)29(30)34/h2-17H,18H2,1H3,(H2,30,34). The molecular weight excluding hydrogens is 438 g/mol. The van der Waals surface area contributed by atoms with Gasteiger partial charge in [-0.1, -0.05) is 60.7 Å². The van der Waals surface area contributed by atoms with Gasteiger partial charge in [-0.25, -0.2) is 0 Å². The number of rotatable bonds is 5. The van der Waals surface area contributed by atoms with Crippen LogP contribution in [0.1, 0.15) is 21.5 Å². The van der Waals surface area contributed by atoms with Crippen LogP contribution in [-0.2, 0) is 4.79 Å². The third-order valence-corrected chi connectivity index (χ3v) is 5.94. The van der Waals surface area contributed by atoms with Crippen LogP contribution in [0.4, 0.5) is 5.69 Å². The molecule has 1 aliphatic heterocycles. The maximum atomic E-state index is 12.9. The monoisotopic (exact) mass is 461 g/mol. The molecule has 1 aliphatic rings. The quantitative estimate of drug-likeness (QED) is 0.451. The van der Waals surface area contributed by atoms with E-state index in [1.807, 2.05) is 78.9 Å². The van der Waals surface area contributed by atoms with Crippen LogP contribution < -0.4 is 15.4 Å². The summed E-state index contributed by atoms with van der Waals surface area (Å²) in [7, 11) is 1.73. The molecule has 172 valence electrons. The van der Waals surface area contributed by atoms with Crippen LogP contribution in [0.2, 0.25) is 0 Å². The Morgan fingerprint density at radius 1 is 0.857 bits per heavy atom. The lowest BCUT2D eigenvalue weighted by atomic mass is 9.94. The van der Waals surface area contributed by atoms with E-state index in [0.717, 1.165) is 16.7 Å². The predicted molar refractivity (Wildman–Crippen MR) is 137 cm³/mol. The molecule has 2 amide bonds. The van der Waals surface area contributed by atoms with E-state index in [1.54, 1.807) is 30.1 Å². The number of amides is 2. The number of benzene rings is 4. The average Bonchev–Trinajstić information content (AvgIpc) is 3.01. The molecule has 4 aromatic carbocycles. The summed E-state index contributed by atoms with van der Waals surface area (Å²) in [5.74, 6) is 0.639. The zero-order valence-corrected chi connectivity index (χ0v) is 19.1. The Hall–Kier alpha value is -4.71. The minimum atomic E-state index is -0.522. The number of primary amides is 1. The highest BCUT2D eigenvalue weighted by molar-refractivity contribution is 6.20. The molecule has 0 saturated carbocycles. The number of fused-ring (bicyclic) bond motifs is 1. The van der Waals surface area contributed by atoms with Crippen molar-refractivity contribution in [2.45, 2.75) is 0 Å². The first-order valence-corrected chi connectivity index (χ1v) is 11.2. The van der Waals surface area contributed by atoms with Crippen molar-refractivity contribution in [3.8, 4) is 22.6 Å². The van der Waals surface area contributed by atoms with Crippen molar-refractivity contribution in [3.05, 3.63) is 114 Å². The van der Waals surface area contributed by atoms with Crippen molar-refractivity contribution in [2.75, 3.05) is 18.5 Å². The van der Waals surface area contributed by atoms with Crippen molar-refractivity contribution in [1.29, 1.82) is 0 Å². The number of ether oxygens (including phenoxy) is 1. The molecule has 1 heterocycles. The molecule has 0 aromatic heterocycles. The Kier molecular flexibility index (Phi) is 5.85. The van der Waals surface area contributed by atoms with Gasteiger partial charge < -0.3 is 15.4 Å². The summed E-state index contributed by atoms with van der Waals surface area (Å²) < 4.78 is 6.31. The van der Waals surface area contributed by atoms with E-state index in [4.69, 9.17) is 10.5 Å². The van der Waals surface area contributed by atoms with E-state index in [0.29, 0.717) is 34.0 Å². The number of benzodiazepines with no additional fused rings is 1. The predicted octanol–water partition coefficient (Wildman–Crippen LogP) is 5.06. The molecule has 6 nitrogen and oxygen atoms in total. The molecule has 0 aliphatic carbocycles. The number of carbonyl (C=O) groups excluding carboxylic acids is 2. The van der Waals surface area contributed by atoms with Gasteiger partial charge in [0.25, 0.3) is 0 Å². The zero-order chi connectivity index (χ0) is 24.4. The molecule has 0 unspecified atom stereocenters. The molecule has 0 atom stereocenters. The van der Waals surface area contributed by atoms with E-state index in [-0.39, 0.29) is 12.5 Å². The molecule has 0 bridgehead atoms. The third-order valence-electron chi connectivity index (χ3n) is 5.94. The van der Waals surface area contributed by atoms with Crippen LogP contribution in [0, 0.1) is 0 Å². The molecule has 2 N–H and O–H groups in total. The first kappa shape index (κ1) is 22.1. The van der Waals surface area contributed by atoms with Gasteiger partial charge in [0, 0.05) is 35.4 Å². The van der Waals surface area contributed by atoms with Crippen molar-refractivity contribution in [2.24, 2.45) is 10.7 Å². The number of anilines is 1. The summed E-state index contributed by atoms with van der Waals surface area (Å²) in [5, 5.41) is 0. The van der Waals surface area contributed by atoms with Gasteiger partial charge >= 0.3 is 0 Å². The van der Waals surface area contributed by atoms with Crippen LogP contribution >= 0.6 is 0 Å². The van der Waals surface area contributed by atoms with E-state index >= 15 is 0 Å². The molecule has 4 aromatic rings. The molecule has 0 spiro atoms.